The number of hydrogen-bond acceptors (Lipinski definition) is 9. The van der Waals surface area contributed by atoms with E-state index in [1.807, 2.05) is 12.1 Å². The minimum Gasteiger partial charge on any atom is -0.397 e. The fraction of sp³-hybridized carbons (Fsp3) is 0.379. The molecule has 212 valence electrons. The molecule has 0 aliphatic carbocycles. The maximum atomic E-state index is 13.2. The van der Waals surface area contributed by atoms with Gasteiger partial charge in [0.15, 0.2) is 11.5 Å². The third kappa shape index (κ3) is 6.39. The molecule has 1 fully saturated rings. The lowest BCUT2D eigenvalue weighted by Gasteiger charge is -2.34. The molecule has 3 aromatic heterocycles. The Hall–Kier alpha value is -4.06. The van der Waals surface area contributed by atoms with E-state index in [1.165, 1.54) is 16.6 Å². The highest BCUT2D eigenvalue weighted by Crippen LogP contribution is 2.23. The van der Waals surface area contributed by atoms with Crippen LogP contribution in [0.1, 0.15) is 26.5 Å². The molecule has 0 saturated carbocycles. The van der Waals surface area contributed by atoms with Crippen molar-refractivity contribution in [1.82, 2.24) is 29.2 Å². The molecule has 40 heavy (non-hydrogen) atoms. The van der Waals surface area contributed by atoms with Crippen molar-refractivity contribution in [2.75, 3.05) is 50.1 Å². The molecule has 11 nitrogen and oxygen atoms in total. The number of hydrogen-bond donors (Lipinski definition) is 3. The summed E-state index contributed by atoms with van der Waals surface area (Å²) in [5.41, 5.74) is 1.55. The summed E-state index contributed by atoms with van der Waals surface area (Å²) in [5, 5.41) is 21.7. The van der Waals surface area contributed by atoms with E-state index in [1.54, 1.807) is 49.7 Å². The summed E-state index contributed by atoms with van der Waals surface area (Å²) in [6.45, 7) is 13.4. The van der Waals surface area contributed by atoms with Gasteiger partial charge in [0, 0.05) is 50.4 Å². The van der Waals surface area contributed by atoms with Crippen molar-refractivity contribution in [3.63, 3.8) is 0 Å². The third-order valence-corrected chi connectivity index (χ3v) is 6.55. The van der Waals surface area contributed by atoms with Crippen molar-refractivity contribution in [2.45, 2.75) is 32.9 Å². The molecule has 1 aliphatic rings. The van der Waals surface area contributed by atoms with Crippen LogP contribution in [0.4, 0.5) is 17.3 Å². The lowest BCUT2D eigenvalue weighted by atomic mass is 10.1. The number of likely N-dealkylation sites (N-methyl/N-ethyl adjacent to an activating group) is 1. The number of piperazine rings is 1. The SMILES string of the molecule is C=CCn1c(=O)c2cnc(Nc3ccc(N4CCN(C)CC4)cc3)nc2n1-c1cccc(C(C)(C)O)n1.CCO. The summed E-state index contributed by atoms with van der Waals surface area (Å²) >= 11 is 0. The zero-order valence-electron chi connectivity index (χ0n) is 23.6. The number of aromatic nitrogens is 5. The van der Waals surface area contributed by atoms with Gasteiger partial charge in [-0.25, -0.2) is 19.3 Å². The molecule has 0 amide bonds. The Balaban J connectivity index is 0.00000118. The van der Waals surface area contributed by atoms with Gasteiger partial charge in [0.1, 0.15) is 11.0 Å². The first-order valence-corrected chi connectivity index (χ1v) is 13.4. The summed E-state index contributed by atoms with van der Waals surface area (Å²) in [7, 11) is 2.15. The van der Waals surface area contributed by atoms with Crippen LogP contribution in [-0.2, 0) is 12.1 Å². The van der Waals surface area contributed by atoms with Gasteiger partial charge in [0.2, 0.25) is 5.95 Å². The number of aliphatic hydroxyl groups is 2. The molecular formula is C29H38N8O3. The predicted octanol–water partition coefficient (Wildman–Crippen LogP) is 2.88. The molecule has 1 aliphatic heterocycles. The average molecular weight is 547 g/mol. The van der Waals surface area contributed by atoms with Crippen molar-refractivity contribution in [1.29, 1.82) is 0 Å². The van der Waals surface area contributed by atoms with Crippen LogP contribution < -0.4 is 15.8 Å². The number of nitrogens with one attached hydrogen (secondary N) is 1. The fourth-order valence-electron chi connectivity index (χ4n) is 4.44. The van der Waals surface area contributed by atoms with Gasteiger partial charge in [-0.1, -0.05) is 12.1 Å². The number of pyridine rings is 1. The Morgan fingerprint density at radius 1 is 1.07 bits per heavy atom. The van der Waals surface area contributed by atoms with Crippen LogP contribution in [0.2, 0.25) is 0 Å². The first-order valence-electron chi connectivity index (χ1n) is 13.4. The number of fused-ring (bicyclic) bond motifs is 1. The zero-order chi connectivity index (χ0) is 28.9. The highest BCUT2D eigenvalue weighted by atomic mass is 16.3. The molecule has 1 saturated heterocycles. The van der Waals surface area contributed by atoms with E-state index in [0.29, 0.717) is 28.5 Å². The van der Waals surface area contributed by atoms with Gasteiger partial charge >= 0.3 is 0 Å². The smallest absolute Gasteiger partial charge is 0.278 e. The average Bonchev–Trinajstić information content (AvgIpc) is 3.20. The predicted molar refractivity (Wildman–Crippen MR) is 159 cm³/mol. The molecule has 0 bridgehead atoms. The van der Waals surface area contributed by atoms with E-state index in [2.05, 4.69) is 50.8 Å². The molecule has 4 heterocycles. The van der Waals surface area contributed by atoms with Gasteiger partial charge in [-0.3, -0.25) is 4.79 Å². The minimum atomic E-state index is -1.14. The Morgan fingerprint density at radius 2 is 1.75 bits per heavy atom. The van der Waals surface area contributed by atoms with E-state index in [9.17, 15) is 9.90 Å². The largest absolute Gasteiger partial charge is 0.397 e. The molecule has 4 aromatic rings. The van der Waals surface area contributed by atoms with Gasteiger partial charge in [0.25, 0.3) is 5.56 Å². The van der Waals surface area contributed by atoms with E-state index >= 15 is 0 Å². The van der Waals surface area contributed by atoms with Crippen molar-refractivity contribution in [3.05, 3.63) is 77.4 Å². The van der Waals surface area contributed by atoms with Crippen LogP contribution in [0.15, 0.2) is 66.1 Å². The van der Waals surface area contributed by atoms with E-state index in [0.717, 1.165) is 31.9 Å². The van der Waals surface area contributed by atoms with Crippen LogP contribution in [0.25, 0.3) is 16.9 Å². The highest BCUT2D eigenvalue weighted by molar-refractivity contribution is 5.77. The minimum absolute atomic E-state index is 0.242. The Labute approximate surface area is 234 Å². The maximum Gasteiger partial charge on any atom is 0.278 e. The van der Waals surface area contributed by atoms with Crippen LogP contribution in [0.3, 0.4) is 0 Å². The highest BCUT2D eigenvalue weighted by Gasteiger charge is 2.22. The Kier molecular flexibility index (Phi) is 8.98. The Bertz CT molecular complexity index is 1500. The number of nitrogens with zero attached hydrogens (tertiary/aromatic N) is 7. The lowest BCUT2D eigenvalue weighted by Crippen LogP contribution is -2.44. The first kappa shape index (κ1) is 28.9. The zero-order valence-corrected chi connectivity index (χ0v) is 23.6. The maximum absolute atomic E-state index is 13.2. The van der Waals surface area contributed by atoms with Crippen molar-refractivity contribution >= 4 is 28.4 Å². The van der Waals surface area contributed by atoms with Crippen LogP contribution in [0.5, 0.6) is 0 Å². The number of anilines is 3. The number of rotatable bonds is 7. The standard InChI is InChI=1S/C27H32N8O2.C2H6O/c1-5-13-34-25(36)21-18-28-26(29-19-9-11-20(12-10-19)33-16-14-32(4)15-17-33)31-24(21)35(34)23-8-6-7-22(30-23)27(2,3)37;1-2-3/h5-12,18,37H,1,13-17H2,2-4H3,(H,28,29,31);3H,2H2,1H3. The van der Waals surface area contributed by atoms with Gasteiger partial charge < -0.3 is 25.3 Å². The molecule has 0 spiro atoms. The monoisotopic (exact) mass is 546 g/mol. The molecule has 0 atom stereocenters. The topological polar surface area (TPSA) is 125 Å². The van der Waals surface area contributed by atoms with Crippen LogP contribution in [0, 0.1) is 0 Å². The normalized spacial score (nSPS) is 14.1. The summed E-state index contributed by atoms with van der Waals surface area (Å²) in [5.74, 6) is 0.831. The first-order chi connectivity index (χ1) is 19.2. The summed E-state index contributed by atoms with van der Waals surface area (Å²) in [6, 6.07) is 13.5. The number of benzene rings is 1. The van der Waals surface area contributed by atoms with Gasteiger partial charge in [-0.2, -0.15) is 4.98 Å². The molecule has 11 heteroatoms. The van der Waals surface area contributed by atoms with Crippen molar-refractivity contribution in [2.24, 2.45) is 0 Å². The second-order valence-electron chi connectivity index (χ2n) is 10.1. The molecule has 0 unspecified atom stereocenters. The van der Waals surface area contributed by atoms with Crippen molar-refractivity contribution in [3.8, 4) is 5.82 Å². The Morgan fingerprint density at radius 3 is 2.38 bits per heavy atom. The summed E-state index contributed by atoms with van der Waals surface area (Å²) in [6.07, 6.45) is 3.17. The second kappa shape index (κ2) is 12.4. The molecule has 0 radical (unpaired) electrons. The summed E-state index contributed by atoms with van der Waals surface area (Å²) in [4.78, 5) is 31.6. The molecular weight excluding hydrogens is 508 g/mol. The molecule has 5 rings (SSSR count). The second-order valence-corrected chi connectivity index (χ2v) is 10.1. The third-order valence-electron chi connectivity index (χ3n) is 6.55. The van der Waals surface area contributed by atoms with E-state index in [4.69, 9.17) is 10.1 Å². The molecule has 3 N–H and O–H groups in total. The quantitative estimate of drug-likeness (QED) is 0.300. The van der Waals surface area contributed by atoms with Crippen LogP contribution in [-0.4, -0.2) is 79.3 Å². The van der Waals surface area contributed by atoms with Gasteiger partial charge in [-0.15, -0.1) is 6.58 Å². The van der Waals surface area contributed by atoms with Crippen molar-refractivity contribution < 1.29 is 10.2 Å². The van der Waals surface area contributed by atoms with Crippen LogP contribution >= 0.6 is 0 Å². The number of allylic oxidation sites excluding steroid dienone is 1. The van der Waals surface area contributed by atoms with Gasteiger partial charge in [0.05, 0.1) is 12.2 Å². The number of aliphatic hydroxyl groups excluding tert-OH is 1. The molecule has 1 aromatic carbocycles. The lowest BCUT2D eigenvalue weighted by molar-refractivity contribution is 0.0738. The van der Waals surface area contributed by atoms with E-state index in [-0.39, 0.29) is 18.7 Å². The fourth-order valence-corrected chi connectivity index (χ4v) is 4.44. The summed E-state index contributed by atoms with van der Waals surface area (Å²) < 4.78 is 3.16. The van der Waals surface area contributed by atoms with E-state index < -0.39 is 5.60 Å². The van der Waals surface area contributed by atoms with Gasteiger partial charge in [-0.05, 0) is 64.2 Å².